The number of hydrogen-bond donors (Lipinski definition) is 1. The minimum Gasteiger partial charge on any atom is -0.497 e. The Hall–Kier alpha value is -1.72. The number of amides is 1. The van der Waals surface area contributed by atoms with E-state index in [-0.39, 0.29) is 11.3 Å². The maximum Gasteiger partial charge on any atom is 0.396 e. The molecule has 0 radical (unpaired) electrons. The molecule has 1 heterocycles. The van der Waals surface area contributed by atoms with Crippen LogP contribution >= 0.6 is 0 Å². The van der Waals surface area contributed by atoms with Gasteiger partial charge in [-0.15, -0.1) is 0 Å². The fourth-order valence-electron chi connectivity index (χ4n) is 1.86. The molecule has 0 fully saturated rings. The van der Waals surface area contributed by atoms with E-state index >= 15 is 0 Å². The van der Waals surface area contributed by atoms with Gasteiger partial charge in [-0.05, 0) is 23.8 Å². The number of ether oxygens (including phenoxy) is 1. The number of rotatable bonds is 1. The highest BCUT2D eigenvalue weighted by Crippen LogP contribution is 2.44. The van der Waals surface area contributed by atoms with E-state index in [4.69, 9.17) is 4.74 Å². The number of methoxy groups -OCH3 is 1. The Morgan fingerprint density at radius 2 is 2.12 bits per heavy atom. The van der Waals surface area contributed by atoms with Crippen LogP contribution in [-0.2, 0) is 4.79 Å². The number of carbonyl (C=O) groups is 1. The monoisotopic (exact) mass is 245 g/mol. The fraction of sp³-hybridized carbons (Fsp3) is 0.364. The molecule has 0 saturated carbocycles. The van der Waals surface area contributed by atoms with E-state index in [2.05, 4.69) is 5.32 Å². The first-order valence-electron chi connectivity index (χ1n) is 4.96. The van der Waals surface area contributed by atoms with Crippen molar-refractivity contribution in [2.75, 3.05) is 12.4 Å². The third-order valence-corrected chi connectivity index (χ3v) is 2.69. The van der Waals surface area contributed by atoms with Crippen molar-refractivity contribution < 1.29 is 22.7 Å². The summed E-state index contributed by atoms with van der Waals surface area (Å²) in [5.41, 5.74) is 0.251. The summed E-state index contributed by atoms with van der Waals surface area (Å²) in [6, 6.07) is 4.24. The fourth-order valence-corrected chi connectivity index (χ4v) is 1.86. The molecule has 2 rings (SSSR count). The quantitative estimate of drug-likeness (QED) is 0.826. The van der Waals surface area contributed by atoms with Gasteiger partial charge in [-0.1, -0.05) is 0 Å². The van der Waals surface area contributed by atoms with Gasteiger partial charge in [0.1, 0.15) is 5.75 Å². The molecule has 1 N–H and O–H groups in total. The standard InChI is InChI=1S/C11H10F3NO2/c1-17-6-2-3-9-7(4-6)8(11(12,13)14)5-10(16)15-9/h2-4,8H,5H2,1H3,(H,15,16). The van der Waals surface area contributed by atoms with E-state index in [0.717, 1.165) is 0 Å². The van der Waals surface area contributed by atoms with Crippen molar-refractivity contribution in [3.8, 4) is 5.75 Å². The van der Waals surface area contributed by atoms with E-state index in [1.807, 2.05) is 0 Å². The molecule has 92 valence electrons. The Morgan fingerprint density at radius 3 is 2.71 bits per heavy atom. The molecule has 1 aliphatic heterocycles. The number of carbonyl (C=O) groups excluding carboxylic acids is 1. The zero-order chi connectivity index (χ0) is 12.6. The first kappa shape index (κ1) is 11.8. The van der Waals surface area contributed by atoms with Crippen LogP contribution in [0.2, 0.25) is 0 Å². The number of alkyl halides is 3. The molecule has 0 aromatic heterocycles. The Morgan fingerprint density at radius 1 is 1.41 bits per heavy atom. The van der Waals surface area contributed by atoms with Crippen molar-refractivity contribution in [1.29, 1.82) is 0 Å². The Kier molecular flexibility index (Phi) is 2.73. The van der Waals surface area contributed by atoms with E-state index in [1.54, 1.807) is 0 Å². The second kappa shape index (κ2) is 3.94. The molecule has 1 aromatic rings. The predicted molar refractivity (Wildman–Crippen MR) is 55.0 cm³/mol. The molecule has 6 heteroatoms. The predicted octanol–water partition coefficient (Wildman–Crippen LogP) is 2.68. The molecular weight excluding hydrogens is 235 g/mol. The summed E-state index contributed by atoms with van der Waals surface area (Å²) in [5.74, 6) is -2.04. The largest absolute Gasteiger partial charge is 0.497 e. The van der Waals surface area contributed by atoms with Crippen LogP contribution < -0.4 is 10.1 Å². The zero-order valence-electron chi connectivity index (χ0n) is 8.97. The number of halogens is 3. The Bertz CT molecular complexity index is 457. The van der Waals surface area contributed by atoms with Crippen LogP contribution in [0.1, 0.15) is 17.9 Å². The normalized spacial score (nSPS) is 19.5. The van der Waals surface area contributed by atoms with Crippen molar-refractivity contribution in [3.05, 3.63) is 23.8 Å². The highest BCUT2D eigenvalue weighted by molar-refractivity contribution is 5.95. The third-order valence-electron chi connectivity index (χ3n) is 2.69. The maximum absolute atomic E-state index is 12.8. The van der Waals surface area contributed by atoms with Crippen molar-refractivity contribution in [1.82, 2.24) is 0 Å². The summed E-state index contributed by atoms with van der Waals surface area (Å²) < 4.78 is 43.3. The molecule has 0 bridgehead atoms. The van der Waals surface area contributed by atoms with E-state index < -0.39 is 24.4 Å². The van der Waals surface area contributed by atoms with Gasteiger partial charge in [-0.2, -0.15) is 13.2 Å². The maximum atomic E-state index is 12.8. The van der Waals surface area contributed by atoms with Crippen LogP contribution in [0.5, 0.6) is 5.75 Å². The van der Waals surface area contributed by atoms with Gasteiger partial charge >= 0.3 is 6.18 Å². The molecule has 1 aliphatic rings. The lowest BCUT2D eigenvalue weighted by Crippen LogP contribution is -2.31. The molecule has 1 unspecified atom stereocenters. The first-order valence-corrected chi connectivity index (χ1v) is 4.96. The van der Waals surface area contributed by atoms with Crippen LogP contribution in [0.25, 0.3) is 0 Å². The first-order chi connectivity index (χ1) is 7.91. The van der Waals surface area contributed by atoms with Crippen molar-refractivity contribution >= 4 is 11.6 Å². The number of fused-ring (bicyclic) bond motifs is 1. The summed E-state index contributed by atoms with van der Waals surface area (Å²) in [4.78, 5) is 11.2. The summed E-state index contributed by atoms with van der Waals surface area (Å²) in [7, 11) is 1.38. The minimum atomic E-state index is -4.43. The Balaban J connectivity index is 2.50. The van der Waals surface area contributed by atoms with Gasteiger partial charge in [0, 0.05) is 12.1 Å². The summed E-state index contributed by atoms with van der Waals surface area (Å²) in [6.45, 7) is 0. The number of hydrogen-bond acceptors (Lipinski definition) is 2. The smallest absolute Gasteiger partial charge is 0.396 e. The Labute approximate surface area is 95.6 Å². The highest BCUT2D eigenvalue weighted by Gasteiger charge is 2.45. The van der Waals surface area contributed by atoms with E-state index in [0.29, 0.717) is 5.75 Å². The van der Waals surface area contributed by atoms with Crippen LogP contribution in [0.15, 0.2) is 18.2 Å². The van der Waals surface area contributed by atoms with Crippen LogP contribution in [-0.4, -0.2) is 19.2 Å². The van der Waals surface area contributed by atoms with Crippen molar-refractivity contribution in [2.45, 2.75) is 18.5 Å². The lowest BCUT2D eigenvalue weighted by molar-refractivity contribution is -0.156. The molecule has 17 heavy (non-hydrogen) atoms. The molecule has 1 amide bonds. The summed E-state index contributed by atoms with van der Waals surface area (Å²) >= 11 is 0. The summed E-state index contributed by atoms with van der Waals surface area (Å²) in [5, 5.41) is 2.42. The molecule has 3 nitrogen and oxygen atoms in total. The van der Waals surface area contributed by atoms with Crippen LogP contribution in [0, 0.1) is 0 Å². The molecule has 1 atom stereocenters. The van der Waals surface area contributed by atoms with Gasteiger partial charge in [0.05, 0.1) is 13.0 Å². The lowest BCUT2D eigenvalue weighted by Gasteiger charge is -2.27. The van der Waals surface area contributed by atoms with Gasteiger partial charge in [-0.3, -0.25) is 4.79 Å². The molecule has 1 aromatic carbocycles. The highest BCUT2D eigenvalue weighted by atomic mass is 19.4. The molecular formula is C11H10F3NO2. The van der Waals surface area contributed by atoms with Gasteiger partial charge in [-0.25, -0.2) is 0 Å². The van der Waals surface area contributed by atoms with Gasteiger partial charge in [0.2, 0.25) is 5.91 Å². The average molecular weight is 245 g/mol. The van der Waals surface area contributed by atoms with Gasteiger partial charge in [0.25, 0.3) is 0 Å². The van der Waals surface area contributed by atoms with E-state index in [9.17, 15) is 18.0 Å². The SMILES string of the molecule is COc1ccc2c(c1)C(C(F)(F)F)CC(=O)N2. The second-order valence-corrected chi connectivity index (χ2v) is 3.80. The van der Waals surface area contributed by atoms with Crippen molar-refractivity contribution in [3.63, 3.8) is 0 Å². The second-order valence-electron chi connectivity index (χ2n) is 3.80. The van der Waals surface area contributed by atoms with Gasteiger partial charge in [0.15, 0.2) is 0 Å². The minimum absolute atomic E-state index is 0.0523. The molecule has 0 saturated heterocycles. The number of anilines is 1. The topological polar surface area (TPSA) is 38.3 Å². The van der Waals surface area contributed by atoms with E-state index in [1.165, 1.54) is 25.3 Å². The lowest BCUT2D eigenvalue weighted by atomic mass is 9.90. The van der Waals surface area contributed by atoms with Gasteiger partial charge < -0.3 is 10.1 Å². The van der Waals surface area contributed by atoms with Crippen molar-refractivity contribution in [2.24, 2.45) is 0 Å². The van der Waals surface area contributed by atoms with Crippen LogP contribution in [0.4, 0.5) is 18.9 Å². The third kappa shape index (κ3) is 2.20. The summed E-state index contributed by atoms with van der Waals surface area (Å²) in [6.07, 6.45) is -5.01. The molecule has 0 spiro atoms. The van der Waals surface area contributed by atoms with Crippen LogP contribution in [0.3, 0.4) is 0 Å². The average Bonchev–Trinajstić information content (AvgIpc) is 2.26. The number of benzene rings is 1. The number of nitrogens with one attached hydrogen (secondary N) is 1. The molecule has 0 aliphatic carbocycles. The zero-order valence-corrected chi connectivity index (χ0v) is 8.97.